The second kappa shape index (κ2) is 7.55. The standard InChI is InChI=1S/C16H19N3O4S.ClH/c1-24(21,22)16(5-7-17-8-6-16)15(20)19-13-4-2-3-12(9-13)14-10-18-11-23-14;/h2-4,9-11,17H,5-8H2,1H3,(H,19,20);1H. The average Bonchev–Trinajstić information content (AvgIpc) is 3.09. The molecule has 1 fully saturated rings. The molecule has 0 unspecified atom stereocenters. The minimum Gasteiger partial charge on any atom is -0.444 e. The van der Waals surface area contributed by atoms with E-state index in [9.17, 15) is 13.2 Å². The number of rotatable bonds is 4. The van der Waals surface area contributed by atoms with Crippen LogP contribution in [0.5, 0.6) is 0 Å². The molecule has 136 valence electrons. The van der Waals surface area contributed by atoms with Crippen molar-refractivity contribution in [2.45, 2.75) is 17.6 Å². The van der Waals surface area contributed by atoms with E-state index in [1.165, 1.54) is 6.39 Å². The van der Waals surface area contributed by atoms with E-state index >= 15 is 0 Å². The Morgan fingerprint density at radius 2 is 2.04 bits per heavy atom. The fourth-order valence-electron chi connectivity index (χ4n) is 2.95. The number of benzene rings is 1. The number of piperidine rings is 1. The summed E-state index contributed by atoms with van der Waals surface area (Å²) >= 11 is 0. The summed E-state index contributed by atoms with van der Waals surface area (Å²) in [6.07, 6.45) is 4.56. The van der Waals surface area contributed by atoms with Crippen LogP contribution < -0.4 is 10.6 Å². The first kappa shape index (κ1) is 19.4. The summed E-state index contributed by atoms with van der Waals surface area (Å²) in [5, 5.41) is 5.85. The SMILES string of the molecule is CS(=O)(=O)C1(C(=O)Nc2cccc(-c3cnco3)c2)CCNCC1.Cl. The lowest BCUT2D eigenvalue weighted by molar-refractivity contribution is -0.119. The first-order chi connectivity index (χ1) is 11.4. The predicted octanol–water partition coefficient (Wildman–Crippen LogP) is 1.87. The molecule has 2 heterocycles. The number of hydrogen-bond donors (Lipinski definition) is 2. The molecule has 0 spiro atoms. The highest BCUT2D eigenvalue weighted by molar-refractivity contribution is 7.92. The number of halogens is 1. The molecule has 3 rings (SSSR count). The van der Waals surface area contributed by atoms with E-state index in [1.807, 2.05) is 6.07 Å². The average molecular weight is 386 g/mol. The molecule has 1 aliphatic rings. The maximum atomic E-state index is 12.8. The van der Waals surface area contributed by atoms with Crippen LogP contribution in [0.2, 0.25) is 0 Å². The van der Waals surface area contributed by atoms with Gasteiger partial charge in [0.2, 0.25) is 5.91 Å². The van der Waals surface area contributed by atoms with Gasteiger partial charge in [0.25, 0.3) is 0 Å². The summed E-state index contributed by atoms with van der Waals surface area (Å²) in [5.41, 5.74) is 1.28. The molecule has 0 saturated carbocycles. The lowest BCUT2D eigenvalue weighted by Crippen LogP contribution is -2.55. The van der Waals surface area contributed by atoms with Crippen LogP contribution in [0.4, 0.5) is 5.69 Å². The Labute approximate surface area is 152 Å². The quantitative estimate of drug-likeness (QED) is 0.833. The monoisotopic (exact) mass is 385 g/mol. The highest BCUT2D eigenvalue weighted by Crippen LogP contribution is 2.30. The molecular formula is C16H20ClN3O4S. The van der Waals surface area contributed by atoms with E-state index in [0.717, 1.165) is 11.8 Å². The van der Waals surface area contributed by atoms with Crippen molar-refractivity contribution in [1.82, 2.24) is 10.3 Å². The Bertz CT molecular complexity index is 831. The van der Waals surface area contributed by atoms with Crippen molar-refractivity contribution < 1.29 is 17.6 Å². The number of nitrogens with zero attached hydrogens (tertiary/aromatic N) is 1. The van der Waals surface area contributed by atoms with E-state index in [2.05, 4.69) is 15.6 Å². The summed E-state index contributed by atoms with van der Waals surface area (Å²) in [6.45, 7) is 0.997. The van der Waals surface area contributed by atoms with Crippen molar-refractivity contribution >= 4 is 33.8 Å². The maximum absolute atomic E-state index is 12.8. The summed E-state index contributed by atoms with van der Waals surface area (Å²) in [6, 6.07) is 7.04. The largest absolute Gasteiger partial charge is 0.444 e. The molecule has 9 heteroatoms. The van der Waals surface area contributed by atoms with Crippen LogP contribution in [0.1, 0.15) is 12.8 Å². The van der Waals surface area contributed by atoms with Gasteiger partial charge in [0.05, 0.1) is 6.20 Å². The van der Waals surface area contributed by atoms with Gasteiger partial charge >= 0.3 is 0 Å². The molecule has 0 bridgehead atoms. The van der Waals surface area contributed by atoms with Gasteiger partial charge in [-0.3, -0.25) is 4.79 Å². The Balaban J connectivity index is 0.00000225. The first-order valence-corrected chi connectivity index (χ1v) is 9.52. The zero-order valence-corrected chi connectivity index (χ0v) is 15.3. The molecule has 7 nitrogen and oxygen atoms in total. The van der Waals surface area contributed by atoms with Gasteiger partial charge in [-0.1, -0.05) is 12.1 Å². The second-order valence-electron chi connectivity index (χ2n) is 5.92. The molecule has 0 atom stereocenters. The van der Waals surface area contributed by atoms with Crippen molar-refractivity contribution in [1.29, 1.82) is 0 Å². The van der Waals surface area contributed by atoms with Gasteiger partial charge in [-0.15, -0.1) is 12.4 Å². The van der Waals surface area contributed by atoms with E-state index in [1.54, 1.807) is 24.4 Å². The van der Waals surface area contributed by atoms with E-state index < -0.39 is 20.5 Å². The zero-order valence-electron chi connectivity index (χ0n) is 13.7. The van der Waals surface area contributed by atoms with Gasteiger partial charge in [0, 0.05) is 17.5 Å². The van der Waals surface area contributed by atoms with Crippen molar-refractivity contribution in [3.63, 3.8) is 0 Å². The number of carbonyl (C=O) groups excluding carboxylic acids is 1. The normalized spacial score (nSPS) is 16.7. The van der Waals surface area contributed by atoms with Gasteiger partial charge in [-0.2, -0.15) is 0 Å². The Morgan fingerprint density at radius 1 is 1.32 bits per heavy atom. The zero-order chi connectivity index (χ0) is 17.2. The third kappa shape index (κ3) is 3.86. The van der Waals surface area contributed by atoms with Crippen LogP contribution in [0.25, 0.3) is 11.3 Å². The van der Waals surface area contributed by atoms with Crippen molar-refractivity contribution in [3.8, 4) is 11.3 Å². The molecule has 25 heavy (non-hydrogen) atoms. The van der Waals surface area contributed by atoms with Crippen LogP contribution >= 0.6 is 12.4 Å². The number of anilines is 1. The van der Waals surface area contributed by atoms with Crippen molar-refractivity contribution in [3.05, 3.63) is 36.9 Å². The Kier molecular flexibility index (Phi) is 5.87. The molecule has 1 amide bonds. The van der Waals surface area contributed by atoms with E-state index in [0.29, 0.717) is 24.5 Å². The minimum atomic E-state index is -3.54. The summed E-state index contributed by atoms with van der Waals surface area (Å²) in [7, 11) is -3.54. The fourth-order valence-corrected chi connectivity index (χ4v) is 4.28. The fraction of sp³-hybridized carbons (Fsp3) is 0.375. The number of hydrogen-bond acceptors (Lipinski definition) is 6. The van der Waals surface area contributed by atoms with Gasteiger partial charge in [0.15, 0.2) is 26.7 Å². The molecule has 2 N–H and O–H groups in total. The first-order valence-electron chi connectivity index (χ1n) is 7.63. The molecular weight excluding hydrogens is 366 g/mol. The topological polar surface area (TPSA) is 101 Å². The number of oxazole rings is 1. The van der Waals surface area contributed by atoms with Crippen LogP contribution in [-0.2, 0) is 14.6 Å². The highest BCUT2D eigenvalue weighted by atomic mass is 35.5. The molecule has 1 saturated heterocycles. The lowest BCUT2D eigenvalue weighted by Gasteiger charge is -2.34. The smallest absolute Gasteiger partial charge is 0.245 e. The van der Waals surface area contributed by atoms with E-state index in [-0.39, 0.29) is 25.2 Å². The van der Waals surface area contributed by atoms with Crippen molar-refractivity contribution in [2.24, 2.45) is 0 Å². The molecule has 1 aliphatic heterocycles. The Morgan fingerprint density at radius 3 is 2.64 bits per heavy atom. The second-order valence-corrected chi connectivity index (χ2v) is 8.24. The molecule has 0 aliphatic carbocycles. The molecule has 1 aromatic heterocycles. The Hall–Kier alpha value is -1.90. The van der Waals surface area contributed by atoms with Gasteiger partial charge in [-0.25, -0.2) is 13.4 Å². The van der Waals surface area contributed by atoms with Gasteiger partial charge in [0.1, 0.15) is 0 Å². The van der Waals surface area contributed by atoms with Gasteiger partial charge in [-0.05, 0) is 38.1 Å². The highest BCUT2D eigenvalue weighted by Gasteiger charge is 2.48. The van der Waals surface area contributed by atoms with Gasteiger partial charge < -0.3 is 15.1 Å². The lowest BCUT2D eigenvalue weighted by atomic mass is 9.95. The predicted molar refractivity (Wildman–Crippen MR) is 97.5 cm³/mol. The number of sulfone groups is 1. The minimum absolute atomic E-state index is 0. The summed E-state index contributed by atoms with van der Waals surface area (Å²) in [4.78, 5) is 16.6. The maximum Gasteiger partial charge on any atom is 0.245 e. The van der Waals surface area contributed by atoms with Crippen molar-refractivity contribution in [2.75, 3.05) is 24.7 Å². The number of nitrogens with one attached hydrogen (secondary N) is 2. The number of aromatic nitrogens is 1. The molecule has 2 aromatic rings. The third-order valence-electron chi connectivity index (χ3n) is 4.37. The molecule has 0 radical (unpaired) electrons. The van der Waals surface area contributed by atoms with Crippen LogP contribution in [0.15, 0.2) is 41.3 Å². The van der Waals surface area contributed by atoms with E-state index in [4.69, 9.17) is 4.42 Å². The summed E-state index contributed by atoms with van der Waals surface area (Å²) < 4.78 is 28.4. The van der Waals surface area contributed by atoms with Crippen LogP contribution in [-0.4, -0.2) is 43.4 Å². The summed E-state index contributed by atoms with van der Waals surface area (Å²) in [5.74, 6) is 0.0898. The molecule has 1 aromatic carbocycles. The van der Waals surface area contributed by atoms with Crippen LogP contribution in [0, 0.1) is 0 Å². The number of amides is 1. The number of carbonyl (C=O) groups is 1. The third-order valence-corrected chi connectivity index (χ3v) is 6.39. The van der Waals surface area contributed by atoms with Crippen LogP contribution in [0.3, 0.4) is 0 Å².